The van der Waals surface area contributed by atoms with Gasteiger partial charge in [-0.3, -0.25) is 9.59 Å². The van der Waals surface area contributed by atoms with Crippen molar-refractivity contribution in [3.8, 4) is 0 Å². The SMILES string of the molecule is CNc1ccc(CC(NC(C)=O)C(C)=O)cc1. The summed E-state index contributed by atoms with van der Waals surface area (Å²) in [6.45, 7) is 2.91. The summed E-state index contributed by atoms with van der Waals surface area (Å²) >= 11 is 0. The molecule has 17 heavy (non-hydrogen) atoms. The lowest BCUT2D eigenvalue weighted by molar-refractivity contribution is -0.125. The Kier molecular flexibility index (Phi) is 4.69. The predicted molar refractivity (Wildman–Crippen MR) is 68.0 cm³/mol. The van der Waals surface area contributed by atoms with Gasteiger partial charge in [0.2, 0.25) is 5.91 Å². The number of anilines is 1. The maximum Gasteiger partial charge on any atom is 0.217 e. The largest absolute Gasteiger partial charge is 0.388 e. The molecule has 4 nitrogen and oxygen atoms in total. The summed E-state index contributed by atoms with van der Waals surface area (Å²) in [5, 5.41) is 5.68. The summed E-state index contributed by atoms with van der Waals surface area (Å²) in [7, 11) is 1.85. The molecule has 2 N–H and O–H groups in total. The molecule has 0 fully saturated rings. The van der Waals surface area contributed by atoms with Crippen LogP contribution in [0.4, 0.5) is 5.69 Å². The number of benzene rings is 1. The highest BCUT2D eigenvalue weighted by molar-refractivity contribution is 5.86. The number of nitrogens with one attached hydrogen (secondary N) is 2. The summed E-state index contributed by atoms with van der Waals surface area (Å²) in [5.74, 6) is -0.213. The van der Waals surface area contributed by atoms with E-state index in [-0.39, 0.29) is 11.7 Å². The molecule has 1 amide bonds. The molecule has 0 spiro atoms. The van der Waals surface area contributed by atoms with Crippen molar-refractivity contribution in [2.24, 2.45) is 0 Å². The zero-order chi connectivity index (χ0) is 12.8. The van der Waals surface area contributed by atoms with E-state index in [0.29, 0.717) is 6.42 Å². The smallest absolute Gasteiger partial charge is 0.217 e. The van der Waals surface area contributed by atoms with Gasteiger partial charge >= 0.3 is 0 Å². The minimum absolute atomic E-state index is 0.0297. The first-order valence-electron chi connectivity index (χ1n) is 5.57. The molecule has 1 rings (SSSR count). The lowest BCUT2D eigenvalue weighted by atomic mass is 10.0. The van der Waals surface area contributed by atoms with Crippen LogP contribution < -0.4 is 10.6 Å². The monoisotopic (exact) mass is 234 g/mol. The maximum absolute atomic E-state index is 11.4. The molecule has 0 aliphatic carbocycles. The second kappa shape index (κ2) is 6.03. The van der Waals surface area contributed by atoms with Crippen molar-refractivity contribution >= 4 is 17.4 Å². The van der Waals surface area contributed by atoms with Gasteiger partial charge in [0, 0.05) is 19.7 Å². The zero-order valence-corrected chi connectivity index (χ0v) is 10.4. The van der Waals surface area contributed by atoms with E-state index in [1.807, 2.05) is 31.3 Å². The topological polar surface area (TPSA) is 58.2 Å². The van der Waals surface area contributed by atoms with E-state index in [0.717, 1.165) is 11.3 Å². The van der Waals surface area contributed by atoms with Gasteiger partial charge in [-0.15, -0.1) is 0 Å². The quantitative estimate of drug-likeness (QED) is 0.809. The highest BCUT2D eigenvalue weighted by atomic mass is 16.2. The molecule has 92 valence electrons. The van der Waals surface area contributed by atoms with Crippen LogP contribution in [0.5, 0.6) is 0 Å². The first-order valence-corrected chi connectivity index (χ1v) is 5.57. The van der Waals surface area contributed by atoms with E-state index < -0.39 is 6.04 Å². The third-order valence-corrected chi connectivity index (χ3v) is 2.55. The van der Waals surface area contributed by atoms with Crippen LogP contribution in [0.2, 0.25) is 0 Å². The number of hydrogen-bond acceptors (Lipinski definition) is 3. The van der Waals surface area contributed by atoms with Gasteiger partial charge in [0.1, 0.15) is 0 Å². The molecular formula is C13H18N2O2. The lowest BCUT2D eigenvalue weighted by Crippen LogP contribution is -2.40. The van der Waals surface area contributed by atoms with Crippen LogP contribution >= 0.6 is 0 Å². The molecule has 4 heteroatoms. The molecular weight excluding hydrogens is 216 g/mol. The van der Waals surface area contributed by atoms with Gasteiger partial charge in [0.25, 0.3) is 0 Å². The Balaban J connectivity index is 2.71. The Labute approximate surface area is 101 Å². The summed E-state index contributed by atoms with van der Waals surface area (Å²) in [6, 6.07) is 7.35. The third kappa shape index (κ3) is 4.26. The van der Waals surface area contributed by atoms with E-state index in [4.69, 9.17) is 0 Å². The first-order chi connectivity index (χ1) is 8.02. The van der Waals surface area contributed by atoms with Crippen LogP contribution in [0.15, 0.2) is 24.3 Å². The van der Waals surface area contributed by atoms with Crippen LogP contribution in [0.3, 0.4) is 0 Å². The Morgan fingerprint density at radius 2 is 1.76 bits per heavy atom. The van der Waals surface area contributed by atoms with Gasteiger partial charge in [-0.2, -0.15) is 0 Å². The molecule has 0 heterocycles. The minimum Gasteiger partial charge on any atom is -0.388 e. The fourth-order valence-corrected chi connectivity index (χ4v) is 1.58. The molecule has 0 saturated heterocycles. The van der Waals surface area contributed by atoms with Crippen molar-refractivity contribution < 1.29 is 9.59 Å². The van der Waals surface area contributed by atoms with Crippen molar-refractivity contribution in [2.45, 2.75) is 26.3 Å². The van der Waals surface area contributed by atoms with Crippen LogP contribution in [0.25, 0.3) is 0 Å². The number of rotatable bonds is 5. The summed E-state index contributed by atoms with van der Waals surface area (Å²) in [5.41, 5.74) is 2.05. The highest BCUT2D eigenvalue weighted by Crippen LogP contribution is 2.10. The van der Waals surface area contributed by atoms with E-state index in [1.54, 1.807) is 0 Å². The average Bonchev–Trinajstić information content (AvgIpc) is 2.28. The van der Waals surface area contributed by atoms with E-state index >= 15 is 0 Å². The summed E-state index contributed by atoms with van der Waals surface area (Å²) in [6.07, 6.45) is 0.527. The van der Waals surface area contributed by atoms with E-state index in [9.17, 15) is 9.59 Å². The number of ketones is 1. The number of amides is 1. The lowest BCUT2D eigenvalue weighted by Gasteiger charge is -2.14. The van der Waals surface area contributed by atoms with E-state index in [1.165, 1.54) is 13.8 Å². The fourth-order valence-electron chi connectivity index (χ4n) is 1.58. The Morgan fingerprint density at radius 3 is 2.18 bits per heavy atom. The van der Waals surface area contributed by atoms with Crippen LogP contribution in [0, 0.1) is 0 Å². The molecule has 1 aromatic carbocycles. The number of hydrogen-bond donors (Lipinski definition) is 2. The van der Waals surface area contributed by atoms with Gasteiger partial charge in [0.05, 0.1) is 6.04 Å². The molecule has 1 atom stereocenters. The Hall–Kier alpha value is -1.84. The minimum atomic E-state index is -0.437. The highest BCUT2D eigenvalue weighted by Gasteiger charge is 2.15. The number of carbonyl (C=O) groups is 2. The molecule has 0 bridgehead atoms. The molecule has 0 saturated carbocycles. The van der Waals surface area contributed by atoms with Crippen molar-refractivity contribution in [3.05, 3.63) is 29.8 Å². The van der Waals surface area contributed by atoms with Crippen LogP contribution in [0.1, 0.15) is 19.4 Å². The predicted octanol–water partition coefficient (Wildman–Crippen LogP) is 1.36. The van der Waals surface area contributed by atoms with Gasteiger partial charge in [-0.25, -0.2) is 0 Å². The summed E-state index contributed by atoms with van der Waals surface area (Å²) in [4.78, 5) is 22.4. The number of Topliss-reactive ketones (excluding diaryl/α,β-unsaturated/α-hetero) is 1. The standard InChI is InChI=1S/C13H18N2O2/c1-9(16)13(15-10(2)17)8-11-4-6-12(14-3)7-5-11/h4-7,13-14H,8H2,1-3H3,(H,15,17). The second-order valence-corrected chi connectivity index (χ2v) is 4.01. The first kappa shape index (κ1) is 13.2. The molecule has 0 aromatic heterocycles. The van der Waals surface area contributed by atoms with Gasteiger partial charge in [-0.1, -0.05) is 12.1 Å². The summed E-state index contributed by atoms with van der Waals surface area (Å²) < 4.78 is 0. The molecule has 0 aliphatic heterocycles. The third-order valence-electron chi connectivity index (χ3n) is 2.55. The van der Waals surface area contributed by atoms with Crippen LogP contribution in [-0.2, 0) is 16.0 Å². The molecule has 1 aromatic rings. The normalized spacial score (nSPS) is 11.7. The van der Waals surface area contributed by atoms with Gasteiger partial charge in [0.15, 0.2) is 5.78 Å². The average molecular weight is 234 g/mol. The van der Waals surface area contributed by atoms with Gasteiger partial charge in [-0.05, 0) is 31.0 Å². The molecule has 0 aliphatic rings. The fraction of sp³-hybridized carbons (Fsp3) is 0.385. The van der Waals surface area contributed by atoms with Crippen molar-refractivity contribution in [2.75, 3.05) is 12.4 Å². The molecule has 1 unspecified atom stereocenters. The van der Waals surface area contributed by atoms with Crippen molar-refractivity contribution in [3.63, 3.8) is 0 Å². The van der Waals surface area contributed by atoms with Crippen LogP contribution in [-0.4, -0.2) is 24.8 Å². The van der Waals surface area contributed by atoms with Crippen molar-refractivity contribution in [1.82, 2.24) is 5.32 Å². The van der Waals surface area contributed by atoms with Crippen molar-refractivity contribution in [1.29, 1.82) is 0 Å². The van der Waals surface area contributed by atoms with E-state index in [2.05, 4.69) is 10.6 Å². The van der Waals surface area contributed by atoms with Gasteiger partial charge < -0.3 is 10.6 Å². The Morgan fingerprint density at radius 1 is 1.18 bits per heavy atom. The maximum atomic E-state index is 11.4. The molecule has 0 radical (unpaired) electrons. The number of carbonyl (C=O) groups excluding carboxylic acids is 2. The zero-order valence-electron chi connectivity index (χ0n) is 10.4. The Bertz CT molecular complexity index is 398. The second-order valence-electron chi connectivity index (χ2n) is 4.01.